The summed E-state index contributed by atoms with van der Waals surface area (Å²) >= 11 is 0. The number of nitrogens with zero attached hydrogens (tertiary/aromatic N) is 4. The quantitative estimate of drug-likeness (QED) is 0.452. The van der Waals surface area contributed by atoms with E-state index < -0.39 is 0 Å². The Bertz CT molecular complexity index is 1270. The number of hydrogen-bond donors (Lipinski definition) is 1. The van der Waals surface area contributed by atoms with Gasteiger partial charge in [0.05, 0.1) is 18.1 Å². The van der Waals surface area contributed by atoms with Crippen molar-refractivity contribution in [2.24, 2.45) is 0 Å². The second-order valence-electron chi connectivity index (χ2n) is 8.73. The highest BCUT2D eigenvalue weighted by molar-refractivity contribution is 5.76. The maximum atomic E-state index is 12.7. The first kappa shape index (κ1) is 22.7. The van der Waals surface area contributed by atoms with Crippen LogP contribution in [0.25, 0.3) is 11.1 Å². The molecule has 0 saturated carbocycles. The molecule has 0 aliphatic carbocycles. The number of amides is 1. The molecule has 1 fully saturated rings. The SMILES string of the molecule is Nc1cnn(C(=O)N2CCN(Cc3ccc(-c4ccccc4)cc3OCc3ccccc3)CC2)c1. The number of aromatic nitrogens is 2. The first-order valence-electron chi connectivity index (χ1n) is 11.8. The van der Waals surface area contributed by atoms with E-state index in [4.69, 9.17) is 10.5 Å². The highest BCUT2D eigenvalue weighted by atomic mass is 16.5. The molecule has 1 aliphatic rings. The van der Waals surface area contributed by atoms with Gasteiger partial charge >= 0.3 is 6.03 Å². The Morgan fingerprint density at radius 2 is 1.60 bits per heavy atom. The van der Waals surface area contributed by atoms with E-state index in [-0.39, 0.29) is 6.03 Å². The van der Waals surface area contributed by atoms with E-state index in [1.807, 2.05) is 41.3 Å². The van der Waals surface area contributed by atoms with Crippen molar-refractivity contribution in [1.82, 2.24) is 19.6 Å². The third-order valence-electron chi connectivity index (χ3n) is 6.25. The molecule has 7 nitrogen and oxygen atoms in total. The van der Waals surface area contributed by atoms with Crippen molar-refractivity contribution in [2.45, 2.75) is 13.2 Å². The van der Waals surface area contributed by atoms with Crippen molar-refractivity contribution in [3.8, 4) is 16.9 Å². The first-order chi connectivity index (χ1) is 17.2. The molecule has 35 heavy (non-hydrogen) atoms. The van der Waals surface area contributed by atoms with Gasteiger partial charge in [0.1, 0.15) is 12.4 Å². The minimum absolute atomic E-state index is 0.138. The number of anilines is 1. The van der Waals surface area contributed by atoms with Crippen LogP contribution in [0.3, 0.4) is 0 Å². The van der Waals surface area contributed by atoms with Gasteiger partial charge in [-0.1, -0.05) is 72.8 Å². The highest BCUT2D eigenvalue weighted by Crippen LogP contribution is 2.29. The Morgan fingerprint density at radius 1 is 0.886 bits per heavy atom. The molecule has 0 atom stereocenters. The summed E-state index contributed by atoms with van der Waals surface area (Å²) < 4.78 is 7.64. The molecule has 2 heterocycles. The van der Waals surface area contributed by atoms with Crippen LogP contribution in [0.5, 0.6) is 5.75 Å². The van der Waals surface area contributed by atoms with Crippen LogP contribution >= 0.6 is 0 Å². The minimum Gasteiger partial charge on any atom is -0.489 e. The average molecular weight is 468 g/mol. The maximum Gasteiger partial charge on any atom is 0.344 e. The normalized spacial score (nSPS) is 14.1. The second kappa shape index (κ2) is 10.4. The lowest BCUT2D eigenvalue weighted by molar-refractivity contribution is 0.133. The molecule has 0 radical (unpaired) electrons. The Balaban J connectivity index is 1.29. The van der Waals surface area contributed by atoms with Gasteiger partial charge in [-0.05, 0) is 22.8 Å². The smallest absolute Gasteiger partial charge is 0.344 e. The van der Waals surface area contributed by atoms with Crippen molar-refractivity contribution < 1.29 is 9.53 Å². The zero-order valence-electron chi connectivity index (χ0n) is 19.6. The molecule has 7 heteroatoms. The first-order valence-corrected chi connectivity index (χ1v) is 11.8. The van der Waals surface area contributed by atoms with Crippen molar-refractivity contribution in [2.75, 3.05) is 31.9 Å². The molecule has 3 aromatic carbocycles. The monoisotopic (exact) mass is 467 g/mol. The van der Waals surface area contributed by atoms with Crippen molar-refractivity contribution in [3.63, 3.8) is 0 Å². The van der Waals surface area contributed by atoms with Gasteiger partial charge in [0.15, 0.2) is 0 Å². The Hall–Kier alpha value is -4.10. The molecule has 0 unspecified atom stereocenters. The minimum atomic E-state index is -0.138. The number of piperazine rings is 1. The number of ether oxygens (including phenoxy) is 1. The molecular weight excluding hydrogens is 438 g/mol. The van der Waals surface area contributed by atoms with Gasteiger partial charge in [-0.2, -0.15) is 9.78 Å². The fraction of sp³-hybridized carbons (Fsp3) is 0.214. The number of hydrogen-bond acceptors (Lipinski definition) is 5. The van der Waals surface area contributed by atoms with Crippen LogP contribution in [0.2, 0.25) is 0 Å². The molecule has 0 spiro atoms. The summed E-state index contributed by atoms with van der Waals surface area (Å²) in [6.45, 7) is 4.11. The standard InChI is InChI=1S/C28H29N5O2/c29-26-18-30-33(20-26)28(34)32-15-13-31(14-16-32)19-25-12-11-24(23-9-5-2-6-10-23)17-27(25)35-21-22-7-3-1-4-8-22/h1-12,17-18,20H,13-16,19,21,29H2. The lowest BCUT2D eigenvalue weighted by atomic mass is 10.0. The topological polar surface area (TPSA) is 76.6 Å². The Kier molecular flexibility index (Phi) is 6.77. The zero-order valence-corrected chi connectivity index (χ0v) is 19.6. The molecule has 1 amide bonds. The third kappa shape index (κ3) is 5.53. The molecule has 1 saturated heterocycles. The van der Waals surface area contributed by atoms with E-state index in [1.165, 1.54) is 10.9 Å². The molecule has 1 aromatic heterocycles. The molecule has 178 valence electrons. The van der Waals surface area contributed by atoms with E-state index in [9.17, 15) is 4.79 Å². The maximum absolute atomic E-state index is 12.7. The van der Waals surface area contributed by atoms with Crippen molar-refractivity contribution in [1.29, 1.82) is 0 Å². The van der Waals surface area contributed by atoms with Gasteiger partial charge < -0.3 is 15.4 Å². The number of carbonyl (C=O) groups is 1. The Labute approximate surface area is 205 Å². The largest absolute Gasteiger partial charge is 0.489 e. The summed E-state index contributed by atoms with van der Waals surface area (Å²) in [4.78, 5) is 16.8. The van der Waals surface area contributed by atoms with E-state index >= 15 is 0 Å². The summed E-state index contributed by atoms with van der Waals surface area (Å²) in [6.07, 6.45) is 3.05. The third-order valence-corrected chi connectivity index (χ3v) is 6.25. The molecule has 5 rings (SSSR count). The van der Waals surface area contributed by atoms with Gasteiger partial charge in [-0.25, -0.2) is 4.79 Å². The molecule has 0 bridgehead atoms. The lowest BCUT2D eigenvalue weighted by Crippen LogP contribution is -2.49. The van der Waals surface area contributed by atoms with Gasteiger partial charge in [0.25, 0.3) is 0 Å². The summed E-state index contributed by atoms with van der Waals surface area (Å²) in [6, 6.07) is 26.9. The van der Waals surface area contributed by atoms with Crippen LogP contribution in [0, 0.1) is 0 Å². The fourth-order valence-electron chi connectivity index (χ4n) is 4.29. The van der Waals surface area contributed by atoms with Gasteiger partial charge in [0, 0.05) is 38.3 Å². The van der Waals surface area contributed by atoms with Crippen LogP contribution in [0.1, 0.15) is 11.1 Å². The average Bonchev–Trinajstić information content (AvgIpc) is 3.35. The number of rotatable bonds is 6. The second-order valence-corrected chi connectivity index (χ2v) is 8.73. The van der Waals surface area contributed by atoms with Crippen molar-refractivity contribution >= 4 is 11.7 Å². The van der Waals surface area contributed by atoms with Crippen LogP contribution in [-0.4, -0.2) is 51.8 Å². The molecule has 2 N–H and O–H groups in total. The van der Waals surface area contributed by atoms with Gasteiger partial charge in [-0.3, -0.25) is 4.90 Å². The fourth-order valence-corrected chi connectivity index (χ4v) is 4.29. The summed E-state index contributed by atoms with van der Waals surface area (Å²) in [5.41, 5.74) is 10.8. The number of nitrogens with two attached hydrogens (primary N) is 1. The van der Waals surface area contributed by atoms with E-state index in [1.54, 1.807) is 6.20 Å². The predicted octanol–water partition coefficient (Wildman–Crippen LogP) is 4.50. The number of nitrogen functional groups attached to an aromatic ring is 1. The highest BCUT2D eigenvalue weighted by Gasteiger charge is 2.23. The molecular formula is C28H29N5O2. The van der Waals surface area contributed by atoms with Crippen molar-refractivity contribution in [3.05, 3.63) is 102 Å². The number of carbonyl (C=O) groups excluding carboxylic acids is 1. The lowest BCUT2D eigenvalue weighted by Gasteiger charge is -2.34. The van der Waals surface area contributed by atoms with Crippen LogP contribution in [0.15, 0.2) is 91.3 Å². The zero-order chi connectivity index (χ0) is 24.0. The molecule has 4 aromatic rings. The van der Waals surface area contributed by atoms with E-state index in [0.29, 0.717) is 25.4 Å². The van der Waals surface area contributed by atoms with Crippen LogP contribution in [-0.2, 0) is 13.2 Å². The summed E-state index contributed by atoms with van der Waals surface area (Å²) in [7, 11) is 0. The summed E-state index contributed by atoms with van der Waals surface area (Å²) in [5, 5.41) is 4.04. The number of benzene rings is 3. The van der Waals surface area contributed by atoms with Crippen LogP contribution in [0.4, 0.5) is 10.5 Å². The van der Waals surface area contributed by atoms with E-state index in [0.717, 1.165) is 47.6 Å². The molecule has 1 aliphatic heterocycles. The van der Waals surface area contributed by atoms with Gasteiger partial charge in [-0.15, -0.1) is 0 Å². The Morgan fingerprint density at radius 3 is 2.29 bits per heavy atom. The predicted molar refractivity (Wildman–Crippen MR) is 137 cm³/mol. The van der Waals surface area contributed by atoms with Crippen LogP contribution < -0.4 is 10.5 Å². The van der Waals surface area contributed by atoms with E-state index in [2.05, 4.69) is 52.5 Å². The van der Waals surface area contributed by atoms with Gasteiger partial charge in [0.2, 0.25) is 0 Å². The summed E-state index contributed by atoms with van der Waals surface area (Å²) in [5.74, 6) is 0.890.